The largest absolute Gasteiger partial charge is 0.393 e. The number of rotatable bonds is 13. The average Bonchev–Trinajstić information content (AvgIpc) is 2.41. The molecule has 0 N–H and O–H groups in total. The first-order valence-corrected chi connectivity index (χ1v) is 9.31. The number of unbranched alkanes of at least 4 members (excludes halogenated alkanes) is 7. The average molecular weight is 322 g/mol. The lowest BCUT2D eigenvalue weighted by Gasteiger charge is -2.32. The Hall–Kier alpha value is -0.210. The van der Waals surface area contributed by atoms with Crippen LogP contribution in [0.4, 0.5) is 13.2 Å². The van der Waals surface area contributed by atoms with Crippen LogP contribution in [0.25, 0.3) is 0 Å². The standard InChI is InChI=1S/C19H37F3/c1-5-7-9-11-13-15-17(14-12-10-8-6-2)16-18(3,4)19(20,21)22/h17H,5-16H2,1-4H3. The van der Waals surface area contributed by atoms with Crippen LogP contribution < -0.4 is 0 Å². The van der Waals surface area contributed by atoms with Gasteiger partial charge in [0.2, 0.25) is 0 Å². The number of hydrogen-bond acceptors (Lipinski definition) is 0. The molecule has 0 aliphatic carbocycles. The van der Waals surface area contributed by atoms with E-state index in [0.29, 0.717) is 0 Å². The van der Waals surface area contributed by atoms with Gasteiger partial charge in [0, 0.05) is 0 Å². The summed E-state index contributed by atoms with van der Waals surface area (Å²) in [6, 6.07) is 0. The molecule has 0 bridgehead atoms. The molecule has 0 radical (unpaired) electrons. The third-order valence-corrected chi connectivity index (χ3v) is 4.75. The predicted octanol–water partition coefficient (Wildman–Crippen LogP) is 7.91. The van der Waals surface area contributed by atoms with E-state index in [-0.39, 0.29) is 12.3 Å². The molecule has 0 aromatic heterocycles. The van der Waals surface area contributed by atoms with E-state index < -0.39 is 11.6 Å². The van der Waals surface area contributed by atoms with Crippen molar-refractivity contribution in [1.29, 1.82) is 0 Å². The van der Waals surface area contributed by atoms with E-state index in [1.807, 2.05) is 0 Å². The maximum Gasteiger partial charge on any atom is 0.393 e. The van der Waals surface area contributed by atoms with E-state index in [9.17, 15) is 13.2 Å². The molecule has 0 saturated carbocycles. The lowest BCUT2D eigenvalue weighted by atomic mass is 9.78. The van der Waals surface area contributed by atoms with Crippen LogP contribution in [0, 0.1) is 11.3 Å². The number of hydrogen-bond donors (Lipinski definition) is 0. The molecular weight excluding hydrogens is 285 g/mol. The summed E-state index contributed by atoms with van der Waals surface area (Å²) >= 11 is 0. The molecule has 0 aromatic rings. The van der Waals surface area contributed by atoms with Gasteiger partial charge in [-0.15, -0.1) is 0 Å². The van der Waals surface area contributed by atoms with Crippen LogP contribution in [0.3, 0.4) is 0 Å². The van der Waals surface area contributed by atoms with Crippen molar-refractivity contribution in [2.45, 2.75) is 111 Å². The zero-order valence-electron chi connectivity index (χ0n) is 15.2. The fourth-order valence-corrected chi connectivity index (χ4v) is 3.08. The molecule has 3 heteroatoms. The molecule has 1 unspecified atom stereocenters. The van der Waals surface area contributed by atoms with Gasteiger partial charge in [0.1, 0.15) is 0 Å². The Labute approximate surface area is 136 Å². The SMILES string of the molecule is CCCCCCCC(CCCCCC)CC(C)(C)C(F)(F)F. The minimum atomic E-state index is -4.09. The number of alkyl halides is 3. The highest BCUT2D eigenvalue weighted by Crippen LogP contribution is 2.44. The highest BCUT2D eigenvalue weighted by atomic mass is 19.4. The van der Waals surface area contributed by atoms with Crippen LogP contribution in [0.15, 0.2) is 0 Å². The van der Waals surface area contributed by atoms with E-state index in [2.05, 4.69) is 13.8 Å². The second kappa shape index (κ2) is 11.3. The molecule has 0 spiro atoms. The van der Waals surface area contributed by atoms with Crippen molar-refractivity contribution in [1.82, 2.24) is 0 Å². The molecular formula is C19H37F3. The first kappa shape index (κ1) is 21.8. The Morgan fingerprint density at radius 3 is 1.50 bits per heavy atom. The van der Waals surface area contributed by atoms with E-state index in [0.717, 1.165) is 32.1 Å². The topological polar surface area (TPSA) is 0 Å². The van der Waals surface area contributed by atoms with Crippen molar-refractivity contribution in [3.05, 3.63) is 0 Å². The van der Waals surface area contributed by atoms with Gasteiger partial charge in [0.05, 0.1) is 5.41 Å². The summed E-state index contributed by atoms with van der Waals surface area (Å²) in [5, 5.41) is 0. The van der Waals surface area contributed by atoms with Crippen LogP contribution in [0.5, 0.6) is 0 Å². The molecule has 0 rings (SSSR count). The van der Waals surface area contributed by atoms with Crippen molar-refractivity contribution in [2.24, 2.45) is 11.3 Å². The van der Waals surface area contributed by atoms with Gasteiger partial charge < -0.3 is 0 Å². The molecule has 22 heavy (non-hydrogen) atoms. The lowest BCUT2D eigenvalue weighted by Crippen LogP contribution is -2.34. The summed E-state index contributed by atoms with van der Waals surface area (Å²) in [6.07, 6.45) is 8.70. The second-order valence-corrected chi connectivity index (χ2v) is 7.50. The van der Waals surface area contributed by atoms with Gasteiger partial charge in [-0.1, -0.05) is 98.3 Å². The predicted molar refractivity (Wildman–Crippen MR) is 90.1 cm³/mol. The highest BCUT2D eigenvalue weighted by Gasteiger charge is 2.47. The maximum atomic E-state index is 13.1. The molecule has 0 aromatic carbocycles. The molecule has 134 valence electrons. The van der Waals surface area contributed by atoms with Gasteiger partial charge in [0.25, 0.3) is 0 Å². The van der Waals surface area contributed by atoms with Gasteiger partial charge in [0.15, 0.2) is 0 Å². The minimum absolute atomic E-state index is 0.232. The monoisotopic (exact) mass is 322 g/mol. The van der Waals surface area contributed by atoms with E-state index >= 15 is 0 Å². The quantitative estimate of drug-likeness (QED) is 0.302. The van der Waals surface area contributed by atoms with Crippen molar-refractivity contribution < 1.29 is 13.2 Å². The zero-order valence-corrected chi connectivity index (χ0v) is 15.2. The molecule has 0 fully saturated rings. The molecule has 0 aliphatic heterocycles. The molecule has 0 amide bonds. The van der Waals surface area contributed by atoms with Crippen LogP contribution in [0.1, 0.15) is 105 Å². The van der Waals surface area contributed by atoms with Crippen molar-refractivity contribution in [3.8, 4) is 0 Å². The summed E-state index contributed by atoms with van der Waals surface area (Å²) in [6.45, 7) is 7.08. The summed E-state index contributed by atoms with van der Waals surface area (Å²) in [7, 11) is 0. The fraction of sp³-hybridized carbons (Fsp3) is 1.00. The Kier molecular flexibility index (Phi) is 11.2. The molecule has 0 saturated heterocycles. The maximum absolute atomic E-state index is 13.1. The lowest BCUT2D eigenvalue weighted by molar-refractivity contribution is -0.217. The van der Waals surface area contributed by atoms with Gasteiger partial charge >= 0.3 is 6.18 Å². The fourth-order valence-electron chi connectivity index (χ4n) is 3.08. The highest BCUT2D eigenvalue weighted by molar-refractivity contribution is 4.80. The summed E-state index contributed by atoms with van der Waals surface area (Å²) in [4.78, 5) is 0. The van der Waals surface area contributed by atoms with Gasteiger partial charge in [-0.2, -0.15) is 13.2 Å². The zero-order chi connectivity index (χ0) is 17.1. The van der Waals surface area contributed by atoms with Crippen molar-refractivity contribution in [2.75, 3.05) is 0 Å². The molecule has 1 atom stereocenters. The summed E-state index contributed by atoms with van der Waals surface area (Å²) in [5.41, 5.74) is -1.55. The third-order valence-electron chi connectivity index (χ3n) is 4.75. The first-order chi connectivity index (χ1) is 10.2. The Balaban J connectivity index is 4.32. The van der Waals surface area contributed by atoms with Gasteiger partial charge in [-0.05, 0) is 12.3 Å². The van der Waals surface area contributed by atoms with Gasteiger partial charge in [-0.3, -0.25) is 0 Å². The second-order valence-electron chi connectivity index (χ2n) is 7.50. The van der Waals surface area contributed by atoms with Crippen LogP contribution in [-0.4, -0.2) is 6.18 Å². The first-order valence-electron chi connectivity index (χ1n) is 9.31. The van der Waals surface area contributed by atoms with Crippen molar-refractivity contribution in [3.63, 3.8) is 0 Å². The van der Waals surface area contributed by atoms with E-state index in [4.69, 9.17) is 0 Å². The van der Waals surface area contributed by atoms with E-state index in [1.54, 1.807) is 0 Å². The van der Waals surface area contributed by atoms with Crippen LogP contribution in [0.2, 0.25) is 0 Å². The summed E-state index contributed by atoms with van der Waals surface area (Å²) in [5.74, 6) is 0.232. The number of halogens is 3. The Bertz CT molecular complexity index is 256. The smallest absolute Gasteiger partial charge is 0.171 e. The van der Waals surface area contributed by atoms with Crippen molar-refractivity contribution >= 4 is 0 Å². The minimum Gasteiger partial charge on any atom is -0.171 e. The molecule has 0 aliphatic rings. The summed E-state index contributed by atoms with van der Waals surface area (Å²) < 4.78 is 39.4. The van der Waals surface area contributed by atoms with Crippen LogP contribution in [-0.2, 0) is 0 Å². The normalized spacial score (nSPS) is 14.3. The third kappa shape index (κ3) is 9.74. The Morgan fingerprint density at radius 2 is 1.09 bits per heavy atom. The van der Waals surface area contributed by atoms with Gasteiger partial charge in [-0.25, -0.2) is 0 Å². The van der Waals surface area contributed by atoms with E-state index in [1.165, 1.54) is 52.4 Å². The van der Waals surface area contributed by atoms with Crippen LogP contribution >= 0.6 is 0 Å². The molecule has 0 heterocycles. The Morgan fingerprint density at radius 1 is 0.682 bits per heavy atom. The molecule has 0 nitrogen and oxygen atoms in total.